The van der Waals surface area contributed by atoms with Crippen molar-refractivity contribution in [2.75, 3.05) is 22.9 Å². The molecule has 0 saturated carbocycles. The summed E-state index contributed by atoms with van der Waals surface area (Å²) in [6.45, 7) is 6.03. The fourth-order valence-corrected chi connectivity index (χ4v) is 5.27. The Morgan fingerprint density at radius 3 is 2.61 bits per heavy atom. The Kier molecular flexibility index (Phi) is 4.86. The number of anilines is 3. The van der Waals surface area contributed by atoms with Crippen LogP contribution in [-0.4, -0.2) is 35.2 Å². The Bertz CT molecular complexity index is 1160. The number of hydrogen-bond donors (Lipinski definition) is 1. The van der Waals surface area contributed by atoms with Crippen LogP contribution in [0, 0.1) is 6.92 Å². The molecular weight excluding hydrogens is 410 g/mol. The number of carbonyl (C=O) groups is 1. The molecule has 5 rings (SSSR count). The second-order valence-corrected chi connectivity index (χ2v) is 8.75. The first-order valence-electron chi connectivity index (χ1n) is 10.6. The van der Waals surface area contributed by atoms with Crippen LogP contribution >= 0.6 is 11.6 Å². The number of rotatable bonds is 4. The van der Waals surface area contributed by atoms with Crippen LogP contribution in [0.4, 0.5) is 17.2 Å². The lowest BCUT2D eigenvalue weighted by molar-refractivity contribution is -0.136. The van der Waals surface area contributed by atoms with Crippen LogP contribution in [-0.2, 0) is 17.6 Å². The van der Waals surface area contributed by atoms with E-state index in [4.69, 9.17) is 11.6 Å². The van der Waals surface area contributed by atoms with Gasteiger partial charge in [-0.2, -0.15) is 0 Å². The monoisotopic (exact) mass is 433 g/mol. The van der Waals surface area contributed by atoms with Crippen LogP contribution in [0.3, 0.4) is 0 Å². The molecule has 158 valence electrons. The topological polar surface area (TPSA) is 56.7 Å². The van der Waals surface area contributed by atoms with Crippen LogP contribution in [0.2, 0.25) is 5.02 Å². The van der Waals surface area contributed by atoms with Gasteiger partial charge in [0.05, 0.1) is 17.8 Å². The van der Waals surface area contributed by atoms with Gasteiger partial charge in [-0.3, -0.25) is 4.79 Å². The van der Waals surface area contributed by atoms with Crippen LogP contribution in [0.25, 0.3) is 11.1 Å². The minimum Gasteiger partial charge on any atom is -0.481 e. The number of nitrogens with zero attached hydrogens (tertiary/aromatic N) is 3. The molecule has 1 aromatic heterocycles. The average Bonchev–Trinajstić information content (AvgIpc) is 3.09. The van der Waals surface area contributed by atoms with E-state index >= 15 is 0 Å². The summed E-state index contributed by atoms with van der Waals surface area (Å²) in [5.74, 6) is 0.0704. The van der Waals surface area contributed by atoms with E-state index in [1.807, 2.05) is 42.5 Å². The van der Waals surface area contributed by atoms with E-state index in [0.29, 0.717) is 11.1 Å². The molecule has 1 atom stereocenters. The number of carboxylic acid groups (broad SMARTS) is 1. The van der Waals surface area contributed by atoms with Crippen molar-refractivity contribution in [3.63, 3.8) is 0 Å². The second-order valence-electron chi connectivity index (χ2n) is 8.32. The summed E-state index contributed by atoms with van der Waals surface area (Å²) in [7, 11) is 0. The third-order valence-electron chi connectivity index (χ3n) is 6.46. The van der Waals surface area contributed by atoms with E-state index < -0.39 is 5.97 Å². The van der Waals surface area contributed by atoms with Gasteiger partial charge in [0.15, 0.2) is 0 Å². The van der Waals surface area contributed by atoms with Crippen molar-refractivity contribution >= 4 is 34.8 Å². The maximum atomic E-state index is 11.9. The highest BCUT2D eigenvalue weighted by molar-refractivity contribution is 6.30. The van der Waals surface area contributed by atoms with E-state index in [2.05, 4.69) is 28.6 Å². The van der Waals surface area contributed by atoms with E-state index in [1.54, 1.807) is 6.20 Å². The molecule has 31 heavy (non-hydrogen) atoms. The lowest BCUT2D eigenvalue weighted by Crippen LogP contribution is -2.41. The number of carboxylic acids is 1. The first-order valence-corrected chi connectivity index (χ1v) is 10.9. The minimum absolute atomic E-state index is 0.0193. The Balaban J connectivity index is 1.82. The highest BCUT2D eigenvalue weighted by Gasteiger charge is 2.39. The number of hydrogen-bond acceptors (Lipinski definition) is 4. The van der Waals surface area contributed by atoms with E-state index in [1.165, 1.54) is 11.3 Å². The summed E-state index contributed by atoms with van der Waals surface area (Å²) in [5, 5.41) is 10.4. The quantitative estimate of drug-likeness (QED) is 0.609. The number of halogens is 1. The third-order valence-corrected chi connectivity index (χ3v) is 6.71. The molecule has 3 heterocycles. The summed E-state index contributed by atoms with van der Waals surface area (Å²) >= 11 is 6.15. The van der Waals surface area contributed by atoms with Gasteiger partial charge in [0.1, 0.15) is 5.82 Å². The normalized spacial score (nSPS) is 17.1. The Morgan fingerprint density at radius 1 is 1.16 bits per heavy atom. The molecule has 0 amide bonds. The Hall–Kier alpha value is -3.05. The molecule has 2 aromatic carbocycles. The van der Waals surface area contributed by atoms with E-state index in [0.717, 1.165) is 53.3 Å². The molecule has 0 bridgehead atoms. The zero-order valence-electron chi connectivity index (χ0n) is 17.6. The fraction of sp³-hybridized carbons (Fsp3) is 0.280. The number of benzene rings is 2. The smallest absolute Gasteiger partial charge is 0.307 e. The molecule has 1 N–H and O–H groups in total. The van der Waals surface area contributed by atoms with Gasteiger partial charge in [-0.1, -0.05) is 29.8 Å². The van der Waals surface area contributed by atoms with Crippen LogP contribution in [0.15, 0.2) is 48.7 Å². The fourth-order valence-electron chi connectivity index (χ4n) is 5.15. The largest absolute Gasteiger partial charge is 0.481 e. The molecule has 2 aliphatic heterocycles. The van der Waals surface area contributed by atoms with Crippen molar-refractivity contribution in [2.24, 2.45) is 0 Å². The van der Waals surface area contributed by atoms with E-state index in [-0.39, 0.29) is 6.42 Å². The van der Waals surface area contributed by atoms with Crippen molar-refractivity contribution in [1.29, 1.82) is 0 Å². The predicted molar refractivity (Wildman–Crippen MR) is 125 cm³/mol. The van der Waals surface area contributed by atoms with Gasteiger partial charge < -0.3 is 14.9 Å². The molecular formula is C25H24ClN3O2. The molecule has 3 aromatic rings. The molecule has 2 aliphatic rings. The highest BCUT2D eigenvalue weighted by atomic mass is 35.5. The Labute approximate surface area is 186 Å². The Morgan fingerprint density at radius 2 is 1.94 bits per heavy atom. The van der Waals surface area contributed by atoms with Gasteiger partial charge in [-0.05, 0) is 72.4 Å². The van der Waals surface area contributed by atoms with Crippen molar-refractivity contribution in [3.05, 3.63) is 70.4 Å². The molecule has 1 unspecified atom stereocenters. The first-order chi connectivity index (χ1) is 15.0. The molecule has 6 heteroatoms. The van der Waals surface area contributed by atoms with Gasteiger partial charge in [-0.15, -0.1) is 0 Å². The van der Waals surface area contributed by atoms with Gasteiger partial charge >= 0.3 is 5.97 Å². The van der Waals surface area contributed by atoms with Gasteiger partial charge in [0, 0.05) is 30.4 Å². The van der Waals surface area contributed by atoms with Crippen LogP contribution in [0.1, 0.15) is 23.6 Å². The van der Waals surface area contributed by atoms with Crippen LogP contribution in [0.5, 0.6) is 0 Å². The summed E-state index contributed by atoms with van der Waals surface area (Å²) in [5.41, 5.74) is 7.50. The maximum absolute atomic E-state index is 11.9. The SMILES string of the molecule is Cc1c(CC(=O)O)c(-c2ccc(Cl)cc2)c2c3c1N(c1ccccn1)CCN3C(C)C2. The van der Waals surface area contributed by atoms with Crippen molar-refractivity contribution < 1.29 is 9.90 Å². The molecule has 5 nitrogen and oxygen atoms in total. The van der Waals surface area contributed by atoms with Gasteiger partial charge in [0.25, 0.3) is 0 Å². The highest BCUT2D eigenvalue weighted by Crippen LogP contribution is 2.52. The molecule has 0 saturated heterocycles. The van der Waals surface area contributed by atoms with Crippen molar-refractivity contribution in [2.45, 2.75) is 32.7 Å². The van der Waals surface area contributed by atoms with Gasteiger partial charge in [-0.25, -0.2) is 4.98 Å². The molecule has 0 spiro atoms. The summed E-state index contributed by atoms with van der Waals surface area (Å²) in [4.78, 5) is 21.2. The van der Waals surface area contributed by atoms with E-state index in [9.17, 15) is 9.90 Å². The zero-order chi connectivity index (χ0) is 21.7. The standard InChI is InChI=1S/C25H24ClN3O2/c1-15-13-20-23(17-6-8-18(26)9-7-17)19(14-22(30)31)16(2)24-25(20)28(15)11-12-29(24)21-5-3-4-10-27-21/h3-10,15H,11-14H2,1-2H3,(H,30,31). The average molecular weight is 434 g/mol. The van der Waals surface area contributed by atoms with Crippen LogP contribution < -0.4 is 9.80 Å². The summed E-state index contributed by atoms with van der Waals surface area (Å²) in [6.07, 6.45) is 2.68. The van der Waals surface area contributed by atoms with Gasteiger partial charge in [0.2, 0.25) is 0 Å². The summed E-state index contributed by atoms with van der Waals surface area (Å²) < 4.78 is 0. The second kappa shape index (κ2) is 7.57. The first kappa shape index (κ1) is 19.9. The maximum Gasteiger partial charge on any atom is 0.307 e. The number of aliphatic carboxylic acids is 1. The molecule has 0 radical (unpaired) electrons. The van der Waals surface area contributed by atoms with Crippen molar-refractivity contribution in [3.8, 4) is 11.1 Å². The molecule has 0 aliphatic carbocycles. The lowest BCUT2D eigenvalue weighted by Gasteiger charge is -2.40. The number of pyridine rings is 1. The zero-order valence-corrected chi connectivity index (χ0v) is 18.4. The third kappa shape index (κ3) is 3.24. The lowest BCUT2D eigenvalue weighted by atomic mass is 9.86. The predicted octanol–water partition coefficient (Wildman–Crippen LogP) is 5.24. The molecule has 0 fully saturated rings. The van der Waals surface area contributed by atoms with Crippen molar-refractivity contribution in [1.82, 2.24) is 4.98 Å². The minimum atomic E-state index is -0.825. The number of aromatic nitrogens is 1. The summed E-state index contributed by atoms with van der Waals surface area (Å²) in [6, 6.07) is 14.0.